The maximum Gasteiger partial charge on any atom is 0.240 e. The van der Waals surface area contributed by atoms with E-state index in [9.17, 15) is 9.90 Å². The van der Waals surface area contributed by atoms with Crippen LogP contribution in [0.25, 0.3) is 11.0 Å². The van der Waals surface area contributed by atoms with Crippen molar-refractivity contribution in [3.05, 3.63) is 30.6 Å². The second-order valence-corrected chi connectivity index (χ2v) is 5.91. The van der Waals surface area contributed by atoms with Crippen molar-refractivity contribution in [2.45, 2.75) is 44.2 Å². The average molecular weight is 287 g/mol. The van der Waals surface area contributed by atoms with Crippen LogP contribution in [-0.2, 0) is 11.3 Å². The first-order valence-corrected chi connectivity index (χ1v) is 7.54. The van der Waals surface area contributed by atoms with Crippen LogP contribution in [-0.4, -0.2) is 32.7 Å². The Kier molecular flexibility index (Phi) is 3.92. The molecule has 3 rings (SSSR count). The number of aliphatic hydroxyl groups is 1. The Hall–Kier alpha value is -1.88. The number of aromatic nitrogens is 2. The minimum absolute atomic E-state index is 0.0173. The van der Waals surface area contributed by atoms with E-state index in [4.69, 9.17) is 0 Å². The van der Waals surface area contributed by atoms with Crippen LogP contribution < -0.4 is 5.32 Å². The van der Waals surface area contributed by atoms with Crippen molar-refractivity contribution in [1.29, 1.82) is 0 Å². The van der Waals surface area contributed by atoms with Gasteiger partial charge in [-0.05, 0) is 25.0 Å². The maximum atomic E-state index is 12.3. The SMILES string of the molecule is O=C(Cn1cnc2ccccc21)NC1(CO)CCCCC1. The fraction of sp³-hybridized carbons (Fsp3) is 0.500. The predicted molar refractivity (Wildman–Crippen MR) is 80.8 cm³/mol. The molecule has 0 aliphatic heterocycles. The van der Waals surface area contributed by atoms with Gasteiger partial charge in [-0.3, -0.25) is 4.79 Å². The maximum absolute atomic E-state index is 12.3. The van der Waals surface area contributed by atoms with Crippen LogP contribution in [0, 0.1) is 0 Å². The zero-order valence-electron chi connectivity index (χ0n) is 12.1. The molecule has 21 heavy (non-hydrogen) atoms. The summed E-state index contributed by atoms with van der Waals surface area (Å²) in [6.45, 7) is 0.256. The van der Waals surface area contributed by atoms with Crippen LogP contribution in [0.1, 0.15) is 32.1 Å². The van der Waals surface area contributed by atoms with Crippen molar-refractivity contribution in [2.24, 2.45) is 0 Å². The molecule has 1 aliphatic rings. The number of fused-ring (bicyclic) bond motifs is 1. The van der Waals surface area contributed by atoms with Crippen molar-refractivity contribution in [3.63, 3.8) is 0 Å². The lowest BCUT2D eigenvalue weighted by Crippen LogP contribution is -2.53. The van der Waals surface area contributed by atoms with Gasteiger partial charge in [-0.1, -0.05) is 31.4 Å². The van der Waals surface area contributed by atoms with E-state index in [0.29, 0.717) is 0 Å². The smallest absolute Gasteiger partial charge is 0.240 e. The van der Waals surface area contributed by atoms with E-state index in [-0.39, 0.29) is 19.1 Å². The number of carbonyl (C=O) groups excluding carboxylic acids is 1. The average Bonchev–Trinajstić information content (AvgIpc) is 2.91. The highest BCUT2D eigenvalue weighted by molar-refractivity contribution is 5.80. The molecule has 0 saturated heterocycles. The molecule has 0 unspecified atom stereocenters. The summed E-state index contributed by atoms with van der Waals surface area (Å²) >= 11 is 0. The Labute approximate surface area is 124 Å². The van der Waals surface area contributed by atoms with Crippen LogP contribution in [0.3, 0.4) is 0 Å². The van der Waals surface area contributed by atoms with Gasteiger partial charge in [0.05, 0.1) is 29.5 Å². The molecule has 1 heterocycles. The summed E-state index contributed by atoms with van der Waals surface area (Å²) in [5.41, 5.74) is 1.42. The molecule has 2 N–H and O–H groups in total. The summed E-state index contributed by atoms with van der Waals surface area (Å²) in [5, 5.41) is 12.7. The number of benzene rings is 1. The summed E-state index contributed by atoms with van der Waals surface area (Å²) in [5.74, 6) is -0.0610. The van der Waals surface area contributed by atoms with Gasteiger partial charge in [-0.15, -0.1) is 0 Å². The number of amides is 1. The Bertz CT molecular complexity index is 629. The standard InChI is InChI=1S/C16H21N3O2/c20-11-16(8-4-1-5-9-16)18-15(21)10-19-12-17-13-6-2-3-7-14(13)19/h2-3,6-7,12,20H,1,4-5,8-11H2,(H,18,21). The van der Waals surface area contributed by atoms with Gasteiger partial charge in [0.25, 0.3) is 0 Å². The zero-order valence-corrected chi connectivity index (χ0v) is 12.1. The molecule has 1 aromatic carbocycles. The van der Waals surface area contributed by atoms with Gasteiger partial charge in [0.2, 0.25) is 5.91 Å². The van der Waals surface area contributed by atoms with Crippen LogP contribution in [0.2, 0.25) is 0 Å². The predicted octanol–water partition coefficient (Wildman–Crippen LogP) is 1.85. The van der Waals surface area contributed by atoms with Crippen LogP contribution in [0.5, 0.6) is 0 Å². The van der Waals surface area contributed by atoms with E-state index in [0.717, 1.165) is 36.7 Å². The van der Waals surface area contributed by atoms with Gasteiger partial charge in [-0.25, -0.2) is 4.98 Å². The minimum Gasteiger partial charge on any atom is -0.394 e. The molecule has 0 atom stereocenters. The minimum atomic E-state index is -0.425. The lowest BCUT2D eigenvalue weighted by molar-refractivity contribution is -0.124. The highest BCUT2D eigenvalue weighted by Gasteiger charge is 2.32. The molecule has 5 heteroatoms. The van der Waals surface area contributed by atoms with Crippen LogP contribution >= 0.6 is 0 Å². The number of para-hydroxylation sites is 2. The topological polar surface area (TPSA) is 67.2 Å². The summed E-state index contributed by atoms with van der Waals surface area (Å²) < 4.78 is 1.85. The number of nitrogens with zero attached hydrogens (tertiary/aromatic N) is 2. The van der Waals surface area contributed by atoms with Gasteiger partial charge in [-0.2, -0.15) is 0 Å². The molecule has 1 amide bonds. The van der Waals surface area contributed by atoms with Crippen molar-refractivity contribution in [1.82, 2.24) is 14.9 Å². The quantitative estimate of drug-likeness (QED) is 0.902. The third kappa shape index (κ3) is 2.93. The third-order valence-electron chi connectivity index (χ3n) is 4.36. The van der Waals surface area contributed by atoms with E-state index >= 15 is 0 Å². The fourth-order valence-corrected chi connectivity index (χ4v) is 3.18. The normalized spacial score (nSPS) is 17.8. The second kappa shape index (κ2) is 5.85. The molecule has 0 spiro atoms. The Morgan fingerprint density at radius 2 is 2.05 bits per heavy atom. The van der Waals surface area contributed by atoms with Gasteiger partial charge >= 0.3 is 0 Å². The molecule has 1 saturated carbocycles. The first-order chi connectivity index (χ1) is 10.2. The van der Waals surface area contributed by atoms with Crippen LogP contribution in [0.4, 0.5) is 0 Å². The van der Waals surface area contributed by atoms with E-state index in [1.54, 1.807) is 6.33 Å². The van der Waals surface area contributed by atoms with Crippen molar-refractivity contribution >= 4 is 16.9 Å². The van der Waals surface area contributed by atoms with Crippen molar-refractivity contribution in [3.8, 4) is 0 Å². The summed E-state index contributed by atoms with van der Waals surface area (Å²) in [6.07, 6.45) is 6.73. The number of hydrogen-bond donors (Lipinski definition) is 2. The van der Waals surface area contributed by atoms with E-state index in [1.807, 2.05) is 28.8 Å². The molecule has 2 aromatic rings. The molecular formula is C16H21N3O2. The van der Waals surface area contributed by atoms with Gasteiger partial charge < -0.3 is 15.0 Å². The van der Waals surface area contributed by atoms with Gasteiger partial charge in [0, 0.05) is 0 Å². The van der Waals surface area contributed by atoms with Crippen molar-refractivity contribution in [2.75, 3.05) is 6.61 Å². The molecule has 1 aliphatic carbocycles. The van der Waals surface area contributed by atoms with Gasteiger partial charge in [0.1, 0.15) is 6.54 Å². The van der Waals surface area contributed by atoms with E-state index < -0.39 is 5.54 Å². The van der Waals surface area contributed by atoms with E-state index in [2.05, 4.69) is 10.3 Å². The molecule has 112 valence electrons. The number of hydrogen-bond acceptors (Lipinski definition) is 3. The first-order valence-electron chi connectivity index (χ1n) is 7.54. The summed E-state index contributed by atoms with van der Waals surface area (Å²) in [6, 6.07) is 7.76. The Morgan fingerprint density at radius 1 is 1.29 bits per heavy atom. The molecular weight excluding hydrogens is 266 g/mol. The highest BCUT2D eigenvalue weighted by atomic mass is 16.3. The highest BCUT2D eigenvalue weighted by Crippen LogP contribution is 2.27. The van der Waals surface area contributed by atoms with Gasteiger partial charge in [0.15, 0.2) is 0 Å². The molecule has 5 nitrogen and oxygen atoms in total. The monoisotopic (exact) mass is 287 g/mol. The zero-order chi connectivity index (χ0) is 14.7. The summed E-state index contributed by atoms with van der Waals surface area (Å²) in [4.78, 5) is 16.6. The molecule has 0 bridgehead atoms. The number of imidazole rings is 1. The number of carbonyl (C=O) groups is 1. The third-order valence-corrected chi connectivity index (χ3v) is 4.36. The second-order valence-electron chi connectivity index (χ2n) is 5.91. The molecule has 0 radical (unpaired) electrons. The molecule has 1 aromatic heterocycles. The van der Waals surface area contributed by atoms with E-state index in [1.165, 1.54) is 6.42 Å². The largest absolute Gasteiger partial charge is 0.394 e. The van der Waals surface area contributed by atoms with Crippen molar-refractivity contribution < 1.29 is 9.90 Å². The lowest BCUT2D eigenvalue weighted by Gasteiger charge is -2.36. The van der Waals surface area contributed by atoms with Crippen LogP contribution in [0.15, 0.2) is 30.6 Å². The number of aliphatic hydroxyl groups excluding tert-OH is 1. The fourth-order valence-electron chi connectivity index (χ4n) is 3.18. The Morgan fingerprint density at radius 3 is 2.81 bits per heavy atom. The Balaban J connectivity index is 1.71. The number of nitrogens with one attached hydrogen (secondary N) is 1. The first kappa shape index (κ1) is 14.1. The lowest BCUT2D eigenvalue weighted by atomic mass is 9.82. The number of rotatable bonds is 4. The molecule has 1 fully saturated rings. The summed E-state index contributed by atoms with van der Waals surface area (Å²) in [7, 11) is 0.